The van der Waals surface area contributed by atoms with E-state index < -0.39 is 0 Å². The highest BCUT2D eigenvalue weighted by atomic mass is 35.5. The van der Waals surface area contributed by atoms with Crippen molar-refractivity contribution < 1.29 is 4.79 Å². The number of halogens is 1. The number of anilines is 4. The average molecular weight is 486 g/mol. The summed E-state index contributed by atoms with van der Waals surface area (Å²) in [5, 5.41) is 10.6. The van der Waals surface area contributed by atoms with Crippen molar-refractivity contribution in [1.29, 1.82) is 0 Å². The van der Waals surface area contributed by atoms with Gasteiger partial charge in [0.2, 0.25) is 0 Å². The number of rotatable bonds is 8. The van der Waals surface area contributed by atoms with Gasteiger partial charge in [0.1, 0.15) is 22.3 Å². The van der Waals surface area contributed by atoms with Crippen LogP contribution in [0.1, 0.15) is 40.8 Å². The Morgan fingerprint density at radius 3 is 2.88 bits per heavy atom. The average Bonchev–Trinajstić information content (AvgIpc) is 3.43. The molecular weight excluding hydrogens is 458 g/mol. The lowest BCUT2D eigenvalue weighted by atomic mass is 10.2. The number of carbonyl (C=O) groups is 1. The standard InChI is InChI=1S/C23H28ClN7OS/c1-4-31-10-6-8-16(31)12-25-19-11-20(28-15(3)27-19)29-23-26-13-18(33-23)22(32)30-21-14(2)7-5-9-17(21)24/h5,7,9,11,13,16H,4,6,8,10,12H2,1-3H3,(H,30,32)(H2,25,26,27,28,29)/t16-/m0/s1. The molecule has 0 saturated carbocycles. The molecule has 1 aliphatic rings. The van der Waals surface area contributed by atoms with E-state index in [4.69, 9.17) is 11.6 Å². The summed E-state index contributed by atoms with van der Waals surface area (Å²) in [6.07, 6.45) is 3.99. The first kappa shape index (κ1) is 23.4. The lowest BCUT2D eigenvalue weighted by Crippen LogP contribution is -2.34. The molecule has 2 aromatic heterocycles. The molecule has 1 atom stereocenters. The normalized spacial score (nSPS) is 16.1. The smallest absolute Gasteiger partial charge is 0.267 e. The second-order valence-electron chi connectivity index (χ2n) is 8.03. The van der Waals surface area contributed by atoms with E-state index in [-0.39, 0.29) is 5.91 Å². The molecule has 10 heteroatoms. The molecule has 0 spiro atoms. The van der Waals surface area contributed by atoms with E-state index in [0.717, 1.165) is 31.0 Å². The fourth-order valence-corrected chi connectivity index (χ4v) is 4.99. The number of carbonyl (C=O) groups excluding carboxylic acids is 1. The van der Waals surface area contributed by atoms with Crippen molar-refractivity contribution in [3.8, 4) is 0 Å². The number of nitrogens with one attached hydrogen (secondary N) is 3. The first-order valence-corrected chi connectivity index (χ1v) is 12.2. The maximum absolute atomic E-state index is 12.7. The third-order valence-corrected chi connectivity index (χ3v) is 6.91. The van der Waals surface area contributed by atoms with Gasteiger partial charge in [0.15, 0.2) is 5.13 Å². The van der Waals surface area contributed by atoms with Gasteiger partial charge in [-0.05, 0) is 51.4 Å². The van der Waals surface area contributed by atoms with E-state index in [9.17, 15) is 4.79 Å². The number of para-hydroxylation sites is 1. The van der Waals surface area contributed by atoms with Crippen LogP contribution >= 0.6 is 22.9 Å². The van der Waals surface area contributed by atoms with Crippen molar-refractivity contribution in [1.82, 2.24) is 19.9 Å². The predicted molar refractivity (Wildman–Crippen MR) is 135 cm³/mol. The molecule has 3 heterocycles. The van der Waals surface area contributed by atoms with E-state index in [0.29, 0.717) is 38.4 Å². The number of likely N-dealkylation sites (tertiary alicyclic amines) is 1. The quantitative estimate of drug-likeness (QED) is 0.408. The van der Waals surface area contributed by atoms with Crippen LogP contribution in [-0.4, -0.2) is 51.4 Å². The zero-order chi connectivity index (χ0) is 23.4. The zero-order valence-corrected chi connectivity index (χ0v) is 20.6. The van der Waals surface area contributed by atoms with Crippen LogP contribution in [-0.2, 0) is 0 Å². The van der Waals surface area contributed by atoms with Gasteiger partial charge in [-0.3, -0.25) is 9.69 Å². The van der Waals surface area contributed by atoms with Crippen LogP contribution in [0.5, 0.6) is 0 Å². The Labute approximate surface area is 202 Å². The number of aromatic nitrogens is 3. The summed E-state index contributed by atoms with van der Waals surface area (Å²) in [6.45, 7) is 9.04. The molecule has 0 unspecified atom stereocenters. The molecule has 4 rings (SSSR count). The molecule has 0 radical (unpaired) electrons. The fraction of sp³-hybridized carbons (Fsp3) is 0.391. The highest BCUT2D eigenvalue weighted by Gasteiger charge is 2.22. The van der Waals surface area contributed by atoms with Crippen molar-refractivity contribution in [3.63, 3.8) is 0 Å². The number of nitrogens with zero attached hydrogens (tertiary/aromatic N) is 4. The minimum absolute atomic E-state index is 0.255. The van der Waals surface area contributed by atoms with Crippen LogP contribution in [0.3, 0.4) is 0 Å². The van der Waals surface area contributed by atoms with Crippen LogP contribution in [0.15, 0.2) is 30.5 Å². The van der Waals surface area contributed by atoms with E-state index >= 15 is 0 Å². The van der Waals surface area contributed by atoms with Gasteiger partial charge in [0.25, 0.3) is 5.91 Å². The van der Waals surface area contributed by atoms with Gasteiger partial charge in [0.05, 0.1) is 16.9 Å². The van der Waals surface area contributed by atoms with Crippen molar-refractivity contribution in [2.24, 2.45) is 0 Å². The molecule has 174 valence electrons. The molecule has 33 heavy (non-hydrogen) atoms. The maximum atomic E-state index is 12.7. The Bertz CT molecular complexity index is 1120. The van der Waals surface area contributed by atoms with Gasteiger partial charge in [-0.2, -0.15) is 0 Å². The minimum atomic E-state index is -0.255. The highest BCUT2D eigenvalue weighted by Crippen LogP contribution is 2.28. The number of benzene rings is 1. The lowest BCUT2D eigenvalue weighted by molar-refractivity contribution is 0.103. The van der Waals surface area contributed by atoms with Gasteiger partial charge in [-0.15, -0.1) is 0 Å². The number of likely N-dealkylation sites (N-methyl/N-ethyl adjacent to an activating group) is 1. The van der Waals surface area contributed by atoms with Gasteiger partial charge >= 0.3 is 0 Å². The molecule has 8 nitrogen and oxygen atoms in total. The van der Waals surface area contributed by atoms with Gasteiger partial charge in [-0.25, -0.2) is 15.0 Å². The second kappa shape index (κ2) is 10.5. The first-order chi connectivity index (χ1) is 15.9. The summed E-state index contributed by atoms with van der Waals surface area (Å²) in [5.74, 6) is 1.81. The molecule has 0 aliphatic carbocycles. The monoisotopic (exact) mass is 485 g/mol. The Morgan fingerprint density at radius 1 is 1.27 bits per heavy atom. The summed E-state index contributed by atoms with van der Waals surface area (Å²) >= 11 is 7.48. The fourth-order valence-electron chi connectivity index (χ4n) is 4.00. The Morgan fingerprint density at radius 2 is 2.09 bits per heavy atom. The van der Waals surface area contributed by atoms with Crippen molar-refractivity contribution in [2.75, 3.05) is 35.6 Å². The summed E-state index contributed by atoms with van der Waals surface area (Å²) in [7, 11) is 0. The lowest BCUT2D eigenvalue weighted by Gasteiger charge is -2.23. The predicted octanol–water partition coefficient (Wildman–Crippen LogP) is 5.10. The highest BCUT2D eigenvalue weighted by molar-refractivity contribution is 7.17. The Balaban J connectivity index is 1.41. The molecule has 0 bridgehead atoms. The van der Waals surface area contributed by atoms with Crippen LogP contribution in [0.4, 0.5) is 22.5 Å². The Kier molecular flexibility index (Phi) is 7.42. The molecule has 1 aromatic carbocycles. The van der Waals surface area contributed by atoms with Gasteiger partial charge in [0, 0.05) is 18.7 Å². The van der Waals surface area contributed by atoms with Crippen LogP contribution in [0.25, 0.3) is 0 Å². The Hall–Kier alpha value is -2.75. The maximum Gasteiger partial charge on any atom is 0.267 e. The van der Waals surface area contributed by atoms with Crippen LogP contribution < -0.4 is 16.0 Å². The van der Waals surface area contributed by atoms with Crippen molar-refractivity contribution >= 4 is 51.3 Å². The number of amides is 1. The third-order valence-electron chi connectivity index (χ3n) is 5.69. The number of hydrogen-bond acceptors (Lipinski definition) is 8. The van der Waals surface area contributed by atoms with Crippen molar-refractivity contribution in [3.05, 3.63) is 51.7 Å². The summed E-state index contributed by atoms with van der Waals surface area (Å²) in [4.78, 5) is 29.0. The molecule has 3 N–H and O–H groups in total. The van der Waals surface area contributed by atoms with E-state index in [1.807, 2.05) is 32.0 Å². The largest absolute Gasteiger partial charge is 0.368 e. The molecule has 1 amide bonds. The summed E-state index contributed by atoms with van der Waals surface area (Å²) in [5.41, 5.74) is 1.51. The molecule has 1 aliphatic heterocycles. The summed E-state index contributed by atoms with van der Waals surface area (Å²) < 4.78 is 0. The zero-order valence-electron chi connectivity index (χ0n) is 19.0. The second-order valence-corrected chi connectivity index (χ2v) is 9.47. The molecule has 1 fully saturated rings. The first-order valence-electron chi connectivity index (χ1n) is 11.1. The van der Waals surface area contributed by atoms with E-state index in [1.54, 1.807) is 12.3 Å². The third kappa shape index (κ3) is 5.79. The summed E-state index contributed by atoms with van der Waals surface area (Å²) in [6, 6.07) is 7.90. The van der Waals surface area contributed by atoms with Crippen LogP contribution in [0.2, 0.25) is 5.02 Å². The SMILES string of the molecule is CCN1CCC[C@H]1CNc1cc(Nc2ncc(C(=O)Nc3c(C)cccc3Cl)s2)nc(C)n1. The number of thiazole rings is 1. The molecular formula is C23H28ClN7OS. The van der Waals surface area contributed by atoms with Gasteiger partial charge < -0.3 is 16.0 Å². The molecule has 1 saturated heterocycles. The minimum Gasteiger partial charge on any atom is -0.368 e. The number of aryl methyl sites for hydroxylation is 2. The molecule has 3 aromatic rings. The van der Waals surface area contributed by atoms with E-state index in [1.165, 1.54) is 24.2 Å². The van der Waals surface area contributed by atoms with Crippen LogP contribution in [0, 0.1) is 13.8 Å². The van der Waals surface area contributed by atoms with Gasteiger partial charge in [-0.1, -0.05) is 42.0 Å². The topological polar surface area (TPSA) is 95.1 Å². The van der Waals surface area contributed by atoms with E-state index in [2.05, 4.69) is 42.7 Å². The van der Waals surface area contributed by atoms with Crippen molar-refractivity contribution in [2.45, 2.75) is 39.7 Å². The number of hydrogen-bond donors (Lipinski definition) is 3.